The summed E-state index contributed by atoms with van der Waals surface area (Å²) >= 11 is 1.67. The quantitative estimate of drug-likeness (QED) is 0.860. The first kappa shape index (κ1) is 10.3. The normalized spacial score (nSPS) is 12.7. The molecule has 1 unspecified atom stereocenters. The number of hydrogen-bond acceptors (Lipinski definition) is 4. The van der Waals surface area contributed by atoms with E-state index in [-0.39, 0.29) is 6.04 Å². The predicted octanol–water partition coefficient (Wildman–Crippen LogP) is 2.09. The van der Waals surface area contributed by atoms with Crippen LogP contribution in [0, 0.1) is 6.92 Å². The number of nitrogens with zero attached hydrogens (tertiary/aromatic N) is 2. The second-order valence-electron chi connectivity index (χ2n) is 3.47. The number of aryl methyl sites for hydroxylation is 1. The van der Waals surface area contributed by atoms with Crippen LogP contribution in [0.4, 0.5) is 0 Å². The lowest BCUT2D eigenvalue weighted by molar-refractivity contribution is 0.715. The van der Waals surface area contributed by atoms with Crippen molar-refractivity contribution in [3.8, 4) is 0 Å². The van der Waals surface area contributed by atoms with Crippen LogP contribution in [-0.2, 0) is 6.42 Å². The lowest BCUT2D eigenvalue weighted by Crippen LogP contribution is -2.13. The molecule has 0 saturated carbocycles. The van der Waals surface area contributed by atoms with Gasteiger partial charge in [0.05, 0.1) is 5.01 Å². The number of pyridine rings is 1. The maximum absolute atomic E-state index is 6.08. The largest absolute Gasteiger partial charge is 0.324 e. The van der Waals surface area contributed by atoms with Crippen LogP contribution in [0.2, 0.25) is 0 Å². The van der Waals surface area contributed by atoms with Crippen LogP contribution in [0.25, 0.3) is 0 Å². The highest BCUT2D eigenvalue weighted by Gasteiger charge is 2.08. The van der Waals surface area contributed by atoms with Gasteiger partial charge in [-0.3, -0.25) is 4.98 Å². The van der Waals surface area contributed by atoms with Crippen LogP contribution >= 0.6 is 11.3 Å². The molecule has 2 N–H and O–H groups in total. The van der Waals surface area contributed by atoms with Gasteiger partial charge in [0.2, 0.25) is 0 Å². The van der Waals surface area contributed by atoms with Gasteiger partial charge in [-0.15, -0.1) is 11.3 Å². The number of aromatic nitrogens is 2. The molecule has 0 fully saturated rings. The second-order valence-corrected chi connectivity index (χ2v) is 4.42. The molecule has 0 aromatic carbocycles. The Bertz CT molecular complexity index is 424. The minimum absolute atomic E-state index is 0.0125. The van der Waals surface area contributed by atoms with E-state index in [9.17, 15) is 0 Å². The Kier molecular flexibility index (Phi) is 3.08. The molecule has 0 aliphatic rings. The van der Waals surface area contributed by atoms with E-state index in [1.165, 1.54) is 0 Å². The molecule has 0 saturated heterocycles. The fraction of sp³-hybridized carbons (Fsp3) is 0.273. The summed E-state index contributed by atoms with van der Waals surface area (Å²) in [6.45, 7) is 2.00. The Morgan fingerprint density at radius 1 is 1.40 bits per heavy atom. The predicted molar refractivity (Wildman–Crippen MR) is 61.7 cm³/mol. The smallest absolute Gasteiger partial charge is 0.0947 e. The highest BCUT2D eigenvalue weighted by atomic mass is 32.1. The summed E-state index contributed by atoms with van der Waals surface area (Å²) in [6.07, 6.45) is 4.33. The van der Waals surface area contributed by atoms with E-state index in [1.54, 1.807) is 23.7 Å². The summed E-state index contributed by atoms with van der Waals surface area (Å²) in [4.78, 5) is 8.37. The van der Waals surface area contributed by atoms with Crippen molar-refractivity contribution in [1.82, 2.24) is 9.97 Å². The van der Waals surface area contributed by atoms with E-state index < -0.39 is 0 Å². The molecule has 2 rings (SSSR count). The number of nitrogens with two attached hydrogens (primary N) is 1. The number of rotatable bonds is 3. The Hall–Kier alpha value is -1.26. The zero-order valence-electron chi connectivity index (χ0n) is 8.55. The molecule has 1 atom stereocenters. The molecule has 2 aromatic heterocycles. The molecule has 15 heavy (non-hydrogen) atoms. The summed E-state index contributed by atoms with van der Waals surface area (Å²) in [5, 5.41) is 3.14. The van der Waals surface area contributed by atoms with Crippen molar-refractivity contribution < 1.29 is 0 Å². The molecule has 3 nitrogen and oxygen atoms in total. The van der Waals surface area contributed by atoms with E-state index in [0.717, 1.165) is 22.7 Å². The number of hydrogen-bond donors (Lipinski definition) is 1. The van der Waals surface area contributed by atoms with Crippen molar-refractivity contribution in [3.05, 3.63) is 46.2 Å². The first-order valence-electron chi connectivity index (χ1n) is 4.82. The Balaban J connectivity index is 2.07. The van der Waals surface area contributed by atoms with E-state index >= 15 is 0 Å². The SMILES string of the molecule is Cc1csc(CC(N)c2ccncc2)n1. The lowest BCUT2D eigenvalue weighted by atomic mass is 10.1. The Morgan fingerprint density at radius 3 is 2.73 bits per heavy atom. The zero-order valence-corrected chi connectivity index (χ0v) is 9.37. The molecule has 2 aromatic rings. The third-order valence-corrected chi connectivity index (χ3v) is 3.18. The lowest BCUT2D eigenvalue weighted by Gasteiger charge is -2.09. The van der Waals surface area contributed by atoms with Gasteiger partial charge in [0.25, 0.3) is 0 Å². The van der Waals surface area contributed by atoms with Crippen LogP contribution in [-0.4, -0.2) is 9.97 Å². The van der Waals surface area contributed by atoms with Gasteiger partial charge in [0, 0.05) is 35.9 Å². The van der Waals surface area contributed by atoms with Gasteiger partial charge in [-0.1, -0.05) is 0 Å². The van der Waals surface area contributed by atoms with Crippen LogP contribution in [0.1, 0.15) is 22.3 Å². The first-order valence-corrected chi connectivity index (χ1v) is 5.70. The van der Waals surface area contributed by atoms with Crippen molar-refractivity contribution in [2.75, 3.05) is 0 Å². The van der Waals surface area contributed by atoms with E-state index in [4.69, 9.17) is 5.73 Å². The van der Waals surface area contributed by atoms with Crippen LogP contribution in [0.3, 0.4) is 0 Å². The molecule has 0 spiro atoms. The van der Waals surface area contributed by atoms with Crippen molar-refractivity contribution >= 4 is 11.3 Å². The molecule has 0 aliphatic heterocycles. The van der Waals surface area contributed by atoms with Crippen LogP contribution < -0.4 is 5.73 Å². The molecule has 78 valence electrons. The maximum atomic E-state index is 6.08. The molecule has 4 heteroatoms. The Labute approximate surface area is 93.0 Å². The van der Waals surface area contributed by atoms with Gasteiger partial charge >= 0.3 is 0 Å². The molecule has 2 heterocycles. The maximum Gasteiger partial charge on any atom is 0.0947 e. The van der Waals surface area contributed by atoms with Crippen LogP contribution in [0.5, 0.6) is 0 Å². The summed E-state index contributed by atoms with van der Waals surface area (Å²) in [7, 11) is 0. The highest BCUT2D eigenvalue weighted by Crippen LogP contribution is 2.17. The zero-order chi connectivity index (χ0) is 10.7. The van der Waals surface area contributed by atoms with Crippen molar-refractivity contribution in [1.29, 1.82) is 0 Å². The molecule has 0 amide bonds. The average molecular weight is 219 g/mol. The molecular formula is C11H13N3S. The third kappa shape index (κ3) is 2.61. The van der Waals surface area contributed by atoms with E-state index in [2.05, 4.69) is 15.3 Å². The fourth-order valence-electron chi connectivity index (χ4n) is 1.41. The van der Waals surface area contributed by atoms with Crippen molar-refractivity contribution in [2.45, 2.75) is 19.4 Å². The summed E-state index contributed by atoms with van der Waals surface area (Å²) < 4.78 is 0. The van der Waals surface area contributed by atoms with E-state index in [0.29, 0.717) is 0 Å². The second kappa shape index (κ2) is 4.51. The van der Waals surface area contributed by atoms with Gasteiger partial charge in [-0.25, -0.2) is 4.98 Å². The topological polar surface area (TPSA) is 51.8 Å². The minimum Gasteiger partial charge on any atom is -0.324 e. The van der Waals surface area contributed by atoms with Gasteiger partial charge in [0.15, 0.2) is 0 Å². The van der Waals surface area contributed by atoms with Gasteiger partial charge in [0.1, 0.15) is 0 Å². The number of thiazole rings is 1. The molecular weight excluding hydrogens is 206 g/mol. The fourth-order valence-corrected chi connectivity index (χ4v) is 2.24. The van der Waals surface area contributed by atoms with Gasteiger partial charge < -0.3 is 5.73 Å². The standard InChI is InChI=1S/C11H13N3S/c1-8-7-15-11(14-8)6-10(12)9-2-4-13-5-3-9/h2-5,7,10H,6,12H2,1H3. The molecule has 0 radical (unpaired) electrons. The summed E-state index contributed by atoms with van der Waals surface area (Å²) in [5.74, 6) is 0. The van der Waals surface area contributed by atoms with Crippen molar-refractivity contribution in [2.24, 2.45) is 5.73 Å². The molecule has 0 aliphatic carbocycles. The third-order valence-electron chi connectivity index (χ3n) is 2.20. The first-order chi connectivity index (χ1) is 7.25. The minimum atomic E-state index is 0.0125. The monoisotopic (exact) mass is 219 g/mol. The van der Waals surface area contributed by atoms with Gasteiger partial charge in [-0.2, -0.15) is 0 Å². The Morgan fingerprint density at radius 2 is 2.13 bits per heavy atom. The van der Waals surface area contributed by atoms with Gasteiger partial charge in [-0.05, 0) is 24.6 Å². The van der Waals surface area contributed by atoms with E-state index in [1.807, 2.05) is 19.1 Å². The molecule has 0 bridgehead atoms. The van der Waals surface area contributed by atoms with Crippen molar-refractivity contribution in [3.63, 3.8) is 0 Å². The highest BCUT2D eigenvalue weighted by molar-refractivity contribution is 7.09. The van der Waals surface area contributed by atoms with Crippen LogP contribution in [0.15, 0.2) is 29.9 Å². The average Bonchev–Trinajstić information content (AvgIpc) is 2.65. The summed E-state index contributed by atoms with van der Waals surface area (Å²) in [6, 6.07) is 3.91. The summed E-state index contributed by atoms with van der Waals surface area (Å²) in [5.41, 5.74) is 8.25.